The van der Waals surface area contributed by atoms with Crippen molar-refractivity contribution in [2.75, 3.05) is 24.3 Å². The first kappa shape index (κ1) is 18.2. The zero-order valence-electron chi connectivity index (χ0n) is 14.0. The third-order valence-electron chi connectivity index (χ3n) is 3.58. The first-order chi connectivity index (χ1) is 12.6. The first-order valence-corrected chi connectivity index (χ1v) is 8.68. The maximum atomic E-state index is 6.15. The van der Waals surface area contributed by atoms with Gasteiger partial charge in [-0.15, -0.1) is 5.10 Å². The highest BCUT2D eigenvalue weighted by atomic mass is 35.5. The van der Waals surface area contributed by atoms with E-state index < -0.39 is 0 Å². The minimum atomic E-state index is 0.427. The van der Waals surface area contributed by atoms with Crippen LogP contribution in [-0.4, -0.2) is 28.8 Å². The number of nitrogens with one attached hydrogen (secondary N) is 2. The average molecular weight is 390 g/mol. The molecule has 26 heavy (non-hydrogen) atoms. The molecule has 0 bridgehead atoms. The van der Waals surface area contributed by atoms with Gasteiger partial charge in [-0.2, -0.15) is 10.1 Å². The molecule has 134 valence electrons. The van der Waals surface area contributed by atoms with Crippen molar-refractivity contribution in [3.8, 4) is 5.75 Å². The van der Waals surface area contributed by atoms with Gasteiger partial charge >= 0.3 is 0 Å². The second-order valence-corrected chi connectivity index (χ2v) is 6.29. The topological polar surface area (TPSA) is 72.0 Å². The molecular formula is C18H17Cl2N5O. The molecule has 2 aromatic carbocycles. The third-order valence-corrected chi connectivity index (χ3v) is 4.15. The van der Waals surface area contributed by atoms with Crippen molar-refractivity contribution < 1.29 is 4.74 Å². The molecule has 0 aliphatic carbocycles. The number of hydrogen-bond acceptors (Lipinski definition) is 6. The number of aromatic nitrogens is 3. The lowest BCUT2D eigenvalue weighted by atomic mass is 10.1. The lowest BCUT2D eigenvalue weighted by Crippen LogP contribution is -2.09. The molecule has 0 atom stereocenters. The van der Waals surface area contributed by atoms with Crippen LogP contribution in [-0.2, 0) is 6.42 Å². The highest BCUT2D eigenvalue weighted by Gasteiger charge is 2.05. The molecule has 0 aliphatic heterocycles. The third kappa shape index (κ3) is 4.97. The van der Waals surface area contributed by atoms with Gasteiger partial charge in [0.05, 0.1) is 24.0 Å². The van der Waals surface area contributed by atoms with Crippen LogP contribution in [0.25, 0.3) is 0 Å². The minimum absolute atomic E-state index is 0.427. The quantitative estimate of drug-likeness (QED) is 0.615. The smallest absolute Gasteiger partial charge is 0.244 e. The number of benzene rings is 2. The maximum absolute atomic E-state index is 6.15. The van der Waals surface area contributed by atoms with E-state index in [0.717, 1.165) is 17.7 Å². The molecule has 3 rings (SSSR count). The fourth-order valence-corrected chi connectivity index (χ4v) is 2.65. The monoisotopic (exact) mass is 389 g/mol. The van der Waals surface area contributed by atoms with E-state index in [-0.39, 0.29) is 0 Å². The van der Waals surface area contributed by atoms with Gasteiger partial charge in [-0.25, -0.2) is 0 Å². The number of rotatable bonds is 7. The Morgan fingerprint density at radius 3 is 2.85 bits per heavy atom. The number of nitrogens with zero attached hydrogens (tertiary/aromatic N) is 3. The van der Waals surface area contributed by atoms with Crippen LogP contribution in [0.1, 0.15) is 5.56 Å². The fourth-order valence-electron chi connectivity index (χ4n) is 2.32. The van der Waals surface area contributed by atoms with Crippen molar-refractivity contribution in [3.63, 3.8) is 0 Å². The van der Waals surface area contributed by atoms with Gasteiger partial charge in [-0.1, -0.05) is 35.3 Å². The summed E-state index contributed by atoms with van der Waals surface area (Å²) in [6.45, 7) is 0.663. The number of anilines is 3. The molecule has 0 amide bonds. The molecule has 0 aliphatic rings. The summed E-state index contributed by atoms with van der Waals surface area (Å²) in [5, 5.41) is 15.3. The molecule has 0 saturated heterocycles. The van der Waals surface area contributed by atoms with Crippen LogP contribution in [0.4, 0.5) is 17.5 Å². The zero-order chi connectivity index (χ0) is 18.4. The van der Waals surface area contributed by atoms with Crippen molar-refractivity contribution >= 4 is 40.7 Å². The Kier molecular flexibility index (Phi) is 6.09. The fraction of sp³-hybridized carbons (Fsp3) is 0.167. The molecule has 1 aromatic heterocycles. The highest BCUT2D eigenvalue weighted by Crippen LogP contribution is 2.27. The normalized spacial score (nSPS) is 10.4. The number of hydrogen-bond donors (Lipinski definition) is 2. The summed E-state index contributed by atoms with van der Waals surface area (Å²) in [7, 11) is 1.65. The molecule has 0 spiro atoms. The van der Waals surface area contributed by atoms with E-state index in [1.54, 1.807) is 25.3 Å². The summed E-state index contributed by atoms with van der Waals surface area (Å²) in [6.07, 6.45) is 2.32. The van der Waals surface area contributed by atoms with E-state index >= 15 is 0 Å². The van der Waals surface area contributed by atoms with Crippen LogP contribution in [0.3, 0.4) is 0 Å². The van der Waals surface area contributed by atoms with Crippen LogP contribution in [0.15, 0.2) is 48.7 Å². The first-order valence-electron chi connectivity index (χ1n) is 7.92. The van der Waals surface area contributed by atoms with Crippen molar-refractivity contribution in [2.45, 2.75) is 6.42 Å². The largest absolute Gasteiger partial charge is 0.497 e. The Labute approximate surface area is 161 Å². The van der Waals surface area contributed by atoms with Gasteiger partial charge in [0.2, 0.25) is 5.95 Å². The molecule has 0 radical (unpaired) electrons. The summed E-state index contributed by atoms with van der Waals surface area (Å²) in [5.74, 6) is 1.79. The molecule has 0 saturated carbocycles. The standard InChI is InChI=1S/C18H17Cl2N5O/c1-26-14-4-2-3-12(9-14)7-8-21-18-24-17(11-22-25-18)23-16-10-13(19)5-6-15(16)20/h2-6,9-11H,7-8H2,1H3,(H2,21,23,24,25). The molecule has 8 heteroatoms. The van der Waals surface area contributed by atoms with E-state index in [9.17, 15) is 0 Å². The molecule has 2 N–H and O–H groups in total. The van der Waals surface area contributed by atoms with E-state index in [1.165, 1.54) is 6.20 Å². The lowest BCUT2D eigenvalue weighted by Gasteiger charge is -2.09. The summed E-state index contributed by atoms with van der Waals surface area (Å²) in [4.78, 5) is 4.38. The average Bonchev–Trinajstić information content (AvgIpc) is 2.65. The Morgan fingerprint density at radius 1 is 1.12 bits per heavy atom. The number of ether oxygens (including phenoxy) is 1. The molecule has 3 aromatic rings. The van der Waals surface area contributed by atoms with Gasteiger partial charge in [0.25, 0.3) is 0 Å². The molecule has 0 fully saturated rings. The summed E-state index contributed by atoms with van der Waals surface area (Å²) in [5.41, 5.74) is 1.81. The second-order valence-electron chi connectivity index (χ2n) is 5.44. The molecule has 6 nitrogen and oxygen atoms in total. The summed E-state index contributed by atoms with van der Waals surface area (Å²) >= 11 is 12.1. The van der Waals surface area contributed by atoms with E-state index in [2.05, 4.69) is 25.8 Å². The van der Waals surface area contributed by atoms with Crippen LogP contribution in [0, 0.1) is 0 Å². The van der Waals surface area contributed by atoms with Gasteiger partial charge in [0, 0.05) is 11.6 Å². The van der Waals surface area contributed by atoms with Crippen molar-refractivity contribution in [1.82, 2.24) is 15.2 Å². The summed E-state index contributed by atoms with van der Waals surface area (Å²) < 4.78 is 5.23. The van der Waals surface area contributed by atoms with Crippen LogP contribution >= 0.6 is 23.2 Å². The Hall–Kier alpha value is -2.57. The number of halogens is 2. The van der Waals surface area contributed by atoms with E-state index in [4.69, 9.17) is 27.9 Å². The Bertz CT molecular complexity index is 891. The Balaban J connectivity index is 1.61. The predicted molar refractivity (Wildman–Crippen MR) is 105 cm³/mol. The van der Waals surface area contributed by atoms with Gasteiger partial charge in [-0.05, 0) is 42.3 Å². The van der Waals surface area contributed by atoms with Crippen molar-refractivity contribution in [1.29, 1.82) is 0 Å². The minimum Gasteiger partial charge on any atom is -0.497 e. The number of methoxy groups -OCH3 is 1. The van der Waals surface area contributed by atoms with Crippen molar-refractivity contribution in [3.05, 3.63) is 64.3 Å². The van der Waals surface area contributed by atoms with Crippen molar-refractivity contribution in [2.24, 2.45) is 0 Å². The van der Waals surface area contributed by atoms with Gasteiger partial charge < -0.3 is 15.4 Å². The van der Waals surface area contributed by atoms with Crippen LogP contribution < -0.4 is 15.4 Å². The van der Waals surface area contributed by atoms with Gasteiger partial charge in [0.15, 0.2) is 5.82 Å². The van der Waals surface area contributed by atoms with Crippen LogP contribution in [0.2, 0.25) is 10.0 Å². The zero-order valence-corrected chi connectivity index (χ0v) is 15.6. The summed E-state index contributed by atoms with van der Waals surface area (Å²) in [6, 6.07) is 13.1. The van der Waals surface area contributed by atoms with Gasteiger partial charge in [0.1, 0.15) is 5.75 Å². The SMILES string of the molecule is COc1cccc(CCNc2nncc(Nc3cc(Cl)ccc3Cl)n2)c1. The van der Waals surface area contributed by atoms with Crippen LogP contribution in [0.5, 0.6) is 5.75 Å². The van der Waals surface area contributed by atoms with Gasteiger partial charge in [-0.3, -0.25) is 0 Å². The van der Waals surface area contributed by atoms with E-state index in [1.807, 2.05) is 24.3 Å². The Morgan fingerprint density at radius 2 is 2.00 bits per heavy atom. The lowest BCUT2D eigenvalue weighted by molar-refractivity contribution is 0.414. The second kappa shape index (κ2) is 8.69. The maximum Gasteiger partial charge on any atom is 0.244 e. The highest BCUT2D eigenvalue weighted by molar-refractivity contribution is 6.35. The molecular weight excluding hydrogens is 373 g/mol. The molecule has 0 unspecified atom stereocenters. The molecule has 1 heterocycles. The van der Waals surface area contributed by atoms with E-state index in [0.29, 0.717) is 34.0 Å². The predicted octanol–water partition coefficient (Wildman–Crippen LogP) is 4.59.